The van der Waals surface area contributed by atoms with Gasteiger partial charge in [0.25, 0.3) is 5.91 Å². The summed E-state index contributed by atoms with van der Waals surface area (Å²) in [5.74, 6) is -2.10. The highest BCUT2D eigenvalue weighted by atomic mass is 32.2. The Labute approximate surface area is 170 Å². The molecule has 2 aliphatic heterocycles. The third-order valence-corrected chi connectivity index (χ3v) is 7.23. The molecule has 10 heteroatoms. The molecule has 2 heterocycles. The monoisotopic (exact) mass is 431 g/mol. The zero-order valence-corrected chi connectivity index (χ0v) is 17.6. The molecule has 3 rings (SSSR count). The maximum absolute atomic E-state index is 13.2. The summed E-state index contributed by atoms with van der Waals surface area (Å²) in [6, 6.07) is 3.15. The van der Waals surface area contributed by atoms with Crippen molar-refractivity contribution in [2.24, 2.45) is 0 Å². The second-order valence-corrected chi connectivity index (χ2v) is 9.64. The minimum atomic E-state index is -3.21. The Kier molecular flexibility index (Phi) is 6.45. The highest BCUT2D eigenvalue weighted by Crippen LogP contribution is 2.33. The van der Waals surface area contributed by atoms with Crippen molar-refractivity contribution in [3.63, 3.8) is 0 Å². The third kappa shape index (κ3) is 4.87. The van der Waals surface area contributed by atoms with Crippen LogP contribution in [0.1, 0.15) is 19.8 Å². The molecule has 0 aliphatic carbocycles. The van der Waals surface area contributed by atoms with Crippen molar-refractivity contribution >= 4 is 15.9 Å². The van der Waals surface area contributed by atoms with Crippen molar-refractivity contribution in [3.8, 4) is 5.75 Å². The molecule has 0 aromatic heterocycles. The largest absolute Gasteiger partial charge is 0.484 e. The van der Waals surface area contributed by atoms with E-state index in [2.05, 4.69) is 11.8 Å². The average Bonchev–Trinajstić information content (AvgIpc) is 3.15. The molecule has 29 heavy (non-hydrogen) atoms. The van der Waals surface area contributed by atoms with Crippen LogP contribution in [0.25, 0.3) is 0 Å². The summed E-state index contributed by atoms with van der Waals surface area (Å²) >= 11 is 0. The molecule has 0 spiro atoms. The van der Waals surface area contributed by atoms with Crippen LogP contribution in [0, 0.1) is 11.6 Å². The van der Waals surface area contributed by atoms with Crippen LogP contribution >= 0.6 is 0 Å². The molecule has 1 amide bonds. The van der Waals surface area contributed by atoms with Gasteiger partial charge in [0, 0.05) is 50.9 Å². The van der Waals surface area contributed by atoms with Crippen LogP contribution in [0.2, 0.25) is 0 Å². The molecule has 2 saturated heterocycles. The molecule has 0 bridgehead atoms. The highest BCUT2D eigenvalue weighted by Gasteiger charge is 2.45. The van der Waals surface area contributed by atoms with Gasteiger partial charge in [0.15, 0.2) is 18.2 Å². The topological polar surface area (TPSA) is 70.2 Å². The maximum atomic E-state index is 13.2. The molecule has 1 aromatic rings. The lowest BCUT2D eigenvalue weighted by Gasteiger charge is -2.45. The lowest BCUT2D eigenvalue weighted by atomic mass is 9.92. The Morgan fingerprint density at radius 1 is 1.14 bits per heavy atom. The Hall–Kier alpha value is -1.78. The van der Waals surface area contributed by atoms with E-state index < -0.39 is 21.7 Å². The van der Waals surface area contributed by atoms with Crippen molar-refractivity contribution in [3.05, 3.63) is 29.8 Å². The molecule has 1 aromatic carbocycles. The first-order chi connectivity index (χ1) is 13.6. The fourth-order valence-electron chi connectivity index (χ4n) is 4.11. The second-order valence-electron chi connectivity index (χ2n) is 7.66. The molecule has 2 aliphatic rings. The number of rotatable bonds is 6. The van der Waals surface area contributed by atoms with Crippen LogP contribution in [-0.4, -0.2) is 86.1 Å². The van der Waals surface area contributed by atoms with E-state index in [1.165, 1.54) is 16.6 Å². The van der Waals surface area contributed by atoms with Gasteiger partial charge >= 0.3 is 0 Å². The van der Waals surface area contributed by atoms with E-state index in [1.807, 2.05) is 0 Å². The first-order valence-electron chi connectivity index (χ1n) is 9.70. The van der Waals surface area contributed by atoms with Gasteiger partial charge in [-0.05, 0) is 25.0 Å². The van der Waals surface area contributed by atoms with E-state index in [1.54, 1.807) is 4.90 Å². The van der Waals surface area contributed by atoms with E-state index in [0.29, 0.717) is 39.3 Å². The molecular weight excluding hydrogens is 404 g/mol. The lowest BCUT2D eigenvalue weighted by molar-refractivity contribution is -0.136. The number of sulfonamides is 1. The van der Waals surface area contributed by atoms with Gasteiger partial charge in [-0.25, -0.2) is 21.5 Å². The van der Waals surface area contributed by atoms with Crippen molar-refractivity contribution in [2.45, 2.75) is 25.3 Å². The second kappa shape index (κ2) is 8.53. The van der Waals surface area contributed by atoms with Crippen LogP contribution in [-0.2, 0) is 14.8 Å². The molecule has 2 fully saturated rings. The Morgan fingerprint density at radius 2 is 1.83 bits per heavy atom. The highest BCUT2D eigenvalue weighted by molar-refractivity contribution is 7.88. The van der Waals surface area contributed by atoms with Crippen LogP contribution < -0.4 is 4.74 Å². The summed E-state index contributed by atoms with van der Waals surface area (Å²) in [5.41, 5.74) is -0.194. The summed E-state index contributed by atoms with van der Waals surface area (Å²) < 4.78 is 56.8. The van der Waals surface area contributed by atoms with Gasteiger partial charge in [0.2, 0.25) is 10.0 Å². The van der Waals surface area contributed by atoms with Crippen LogP contribution in [0.15, 0.2) is 18.2 Å². The molecular formula is C19H27F2N3O4S. The molecule has 1 unspecified atom stereocenters. The van der Waals surface area contributed by atoms with Gasteiger partial charge < -0.3 is 9.64 Å². The minimum absolute atomic E-state index is 0.104. The van der Waals surface area contributed by atoms with E-state index in [0.717, 1.165) is 25.0 Å². The predicted octanol–water partition coefficient (Wildman–Crippen LogP) is 1.30. The number of hydrogen-bond donors (Lipinski definition) is 0. The normalized spacial score (nSPS) is 24.1. The maximum Gasteiger partial charge on any atom is 0.260 e. The summed E-state index contributed by atoms with van der Waals surface area (Å²) in [4.78, 5) is 16.4. The quantitative estimate of drug-likeness (QED) is 0.679. The molecule has 7 nitrogen and oxygen atoms in total. The SMILES string of the molecule is CCC1(N2CCN(C(=O)COc3ccc(F)c(F)c3)CC2)CCN(S(C)(=O)=O)C1. The number of amides is 1. The fraction of sp³-hybridized carbons (Fsp3) is 0.632. The van der Waals surface area contributed by atoms with E-state index in [9.17, 15) is 22.0 Å². The van der Waals surface area contributed by atoms with E-state index >= 15 is 0 Å². The summed E-state index contributed by atoms with van der Waals surface area (Å²) in [5, 5.41) is 0. The smallest absolute Gasteiger partial charge is 0.260 e. The molecule has 1 atom stereocenters. The summed E-state index contributed by atoms with van der Waals surface area (Å²) in [6.45, 7) is 5.17. The summed E-state index contributed by atoms with van der Waals surface area (Å²) in [7, 11) is -3.21. The number of carbonyl (C=O) groups excluding carboxylic acids is 1. The molecule has 0 saturated carbocycles. The Bertz CT molecular complexity index is 859. The molecule has 0 radical (unpaired) electrons. The molecule has 162 valence electrons. The third-order valence-electron chi connectivity index (χ3n) is 5.98. The van der Waals surface area contributed by atoms with Gasteiger partial charge in [-0.1, -0.05) is 6.92 Å². The lowest BCUT2D eigenvalue weighted by Crippen LogP contribution is -2.59. The van der Waals surface area contributed by atoms with Gasteiger partial charge in [0.05, 0.1) is 6.26 Å². The average molecular weight is 432 g/mol. The zero-order valence-electron chi connectivity index (χ0n) is 16.7. The molecule has 0 N–H and O–H groups in total. The van der Waals surface area contributed by atoms with Crippen molar-refractivity contribution in [2.75, 3.05) is 52.1 Å². The van der Waals surface area contributed by atoms with E-state index in [4.69, 9.17) is 4.74 Å². The Morgan fingerprint density at radius 3 is 2.38 bits per heavy atom. The van der Waals surface area contributed by atoms with Gasteiger partial charge in [-0.3, -0.25) is 9.69 Å². The van der Waals surface area contributed by atoms with Gasteiger partial charge in [-0.15, -0.1) is 0 Å². The first kappa shape index (κ1) is 21.9. The van der Waals surface area contributed by atoms with Crippen LogP contribution in [0.5, 0.6) is 5.75 Å². The number of ether oxygens (including phenoxy) is 1. The Balaban J connectivity index is 1.53. The summed E-state index contributed by atoms with van der Waals surface area (Å²) in [6.07, 6.45) is 2.86. The van der Waals surface area contributed by atoms with Gasteiger partial charge in [-0.2, -0.15) is 0 Å². The fourth-order valence-corrected chi connectivity index (χ4v) is 5.00. The number of carbonyl (C=O) groups is 1. The number of benzene rings is 1. The minimum Gasteiger partial charge on any atom is -0.484 e. The van der Waals surface area contributed by atoms with Crippen molar-refractivity contribution < 1.29 is 26.7 Å². The van der Waals surface area contributed by atoms with Crippen molar-refractivity contribution in [1.82, 2.24) is 14.1 Å². The van der Waals surface area contributed by atoms with E-state index in [-0.39, 0.29) is 23.8 Å². The zero-order chi connectivity index (χ0) is 21.2. The number of halogens is 2. The van der Waals surface area contributed by atoms with Crippen LogP contribution in [0.4, 0.5) is 8.78 Å². The number of piperazine rings is 1. The van der Waals surface area contributed by atoms with Crippen molar-refractivity contribution in [1.29, 1.82) is 0 Å². The number of hydrogen-bond acceptors (Lipinski definition) is 5. The van der Waals surface area contributed by atoms with Crippen LogP contribution in [0.3, 0.4) is 0 Å². The van der Waals surface area contributed by atoms with Gasteiger partial charge in [0.1, 0.15) is 5.75 Å². The standard InChI is InChI=1S/C19H27F2N3O4S/c1-3-19(6-7-24(14-19)29(2,26)27)23-10-8-22(9-11-23)18(25)13-28-15-4-5-16(20)17(21)12-15/h4-5,12H,3,6-11,13-14H2,1-2H3. The first-order valence-corrected chi connectivity index (χ1v) is 11.6. The predicted molar refractivity (Wildman–Crippen MR) is 104 cm³/mol. The number of nitrogens with zero attached hydrogens (tertiary/aromatic N) is 3.